The number of amides is 1. The van der Waals surface area contributed by atoms with E-state index in [-0.39, 0.29) is 36.2 Å². The van der Waals surface area contributed by atoms with Gasteiger partial charge in [0.05, 0.1) is 49.3 Å². The van der Waals surface area contributed by atoms with E-state index in [0.717, 1.165) is 36.9 Å². The molecule has 1 saturated carbocycles. The van der Waals surface area contributed by atoms with E-state index in [9.17, 15) is 14.9 Å². The van der Waals surface area contributed by atoms with Gasteiger partial charge in [-0.1, -0.05) is 30.8 Å². The van der Waals surface area contributed by atoms with E-state index < -0.39 is 23.4 Å². The van der Waals surface area contributed by atoms with E-state index in [1.54, 1.807) is 4.90 Å². The van der Waals surface area contributed by atoms with E-state index in [2.05, 4.69) is 40.1 Å². The summed E-state index contributed by atoms with van der Waals surface area (Å²) in [5, 5.41) is 16.1. The number of carbonyl (C=O) groups is 2. The zero-order valence-electron chi connectivity index (χ0n) is 24.2. The second kappa shape index (κ2) is 12.3. The summed E-state index contributed by atoms with van der Waals surface area (Å²) < 4.78 is 12.8. The van der Waals surface area contributed by atoms with Crippen molar-refractivity contribution in [2.24, 2.45) is 5.92 Å². The number of nitriles is 1. The lowest BCUT2D eigenvalue weighted by molar-refractivity contribution is -0.174. The Morgan fingerprint density at radius 3 is 2.86 bits per heavy atom. The third-order valence-corrected chi connectivity index (χ3v) is 10.7. The fraction of sp³-hybridized carbons (Fsp3) is 0.645. The highest BCUT2D eigenvalue weighted by molar-refractivity contribution is 6.24. The summed E-state index contributed by atoms with van der Waals surface area (Å²) in [6.45, 7) is 7.22. The van der Waals surface area contributed by atoms with Crippen LogP contribution in [0.3, 0.4) is 0 Å². The Balaban J connectivity index is 1.26. The number of carbonyl (C=O) groups excluding carboxylic acids is 2. The first kappa shape index (κ1) is 29.7. The molecular formula is C31H41ClN6O4. The third kappa shape index (κ3) is 5.30. The van der Waals surface area contributed by atoms with Gasteiger partial charge in [-0.25, -0.2) is 0 Å². The van der Waals surface area contributed by atoms with Gasteiger partial charge in [0.1, 0.15) is 5.60 Å². The first-order valence-electron chi connectivity index (χ1n) is 15.1. The summed E-state index contributed by atoms with van der Waals surface area (Å²) in [6, 6.07) is 9.72. The Hall–Kier alpha value is -2.36. The molecule has 0 radical (unpaired) electrons. The lowest BCUT2D eigenvalue weighted by Crippen LogP contribution is -2.76. The summed E-state index contributed by atoms with van der Waals surface area (Å²) >= 11 is 7.09. The van der Waals surface area contributed by atoms with Crippen LogP contribution in [0.2, 0.25) is 0 Å². The van der Waals surface area contributed by atoms with Gasteiger partial charge >= 0.3 is 0 Å². The molecule has 0 bridgehead atoms. The Bertz CT molecular complexity index is 1240. The van der Waals surface area contributed by atoms with Gasteiger partial charge in [-0.05, 0) is 56.5 Å². The van der Waals surface area contributed by atoms with Crippen LogP contribution in [0.25, 0.3) is 0 Å². The van der Waals surface area contributed by atoms with Gasteiger partial charge in [0, 0.05) is 31.6 Å². The van der Waals surface area contributed by atoms with Crippen molar-refractivity contribution in [2.75, 3.05) is 39.8 Å². The van der Waals surface area contributed by atoms with Gasteiger partial charge in [-0.3, -0.25) is 25.1 Å². The molecule has 42 heavy (non-hydrogen) atoms. The van der Waals surface area contributed by atoms with Gasteiger partial charge in [0.15, 0.2) is 12.1 Å². The number of hydrogen-bond donors (Lipinski definition) is 2. The fourth-order valence-electron chi connectivity index (χ4n) is 7.69. The molecule has 3 saturated heterocycles. The maximum atomic E-state index is 14.5. The second-order valence-corrected chi connectivity index (χ2v) is 12.7. The number of Topliss-reactive ketones (excluding diaryl/α,β-unsaturated/α-hetero) is 1. The average molecular weight is 597 g/mol. The van der Waals surface area contributed by atoms with E-state index in [0.29, 0.717) is 45.3 Å². The first-order chi connectivity index (χ1) is 20.4. The molecule has 2 N–H and O–H groups in total. The van der Waals surface area contributed by atoms with Crippen molar-refractivity contribution in [2.45, 2.75) is 80.3 Å². The van der Waals surface area contributed by atoms with E-state index in [1.165, 1.54) is 6.08 Å². The van der Waals surface area contributed by atoms with Crippen LogP contribution in [-0.2, 0) is 25.7 Å². The van der Waals surface area contributed by atoms with Crippen LogP contribution >= 0.6 is 11.6 Å². The molecule has 8 atom stereocenters. The van der Waals surface area contributed by atoms with Crippen LogP contribution in [0.1, 0.15) is 48.6 Å². The molecule has 4 aliphatic heterocycles. The van der Waals surface area contributed by atoms with Gasteiger partial charge < -0.3 is 19.3 Å². The Morgan fingerprint density at radius 1 is 1.26 bits per heavy atom. The third-order valence-electron chi connectivity index (χ3n) is 10.1. The number of fused-ring (bicyclic) bond motifs is 2. The molecule has 4 fully saturated rings. The number of nitrogens with zero attached hydrogens (tertiary/aromatic N) is 4. The SMILES string of the molecule is C=CC(=O)N1CCN(C2NC(OCC3CCCN3C)NC3C(=O)[C@@]4(CCC32)OCc2ccccc2C4Cl)CC1CC#N. The van der Waals surface area contributed by atoms with Crippen molar-refractivity contribution >= 4 is 23.3 Å². The van der Waals surface area contributed by atoms with E-state index in [1.807, 2.05) is 24.3 Å². The maximum absolute atomic E-state index is 14.5. The number of alkyl halides is 1. The standard InChI is InChI=1S/C31H41ClN6O4/c1-3-25(39)38-16-15-37(17-21(38)11-13-33)29-24-10-12-31(27(32)23-9-5-4-7-20(23)18-42-31)28(40)26(24)34-30(35-29)41-19-22-8-6-14-36(22)2/h3-5,7,9,21-22,24,26-27,29-30,34-35H,1,6,8,10-12,14-19H2,2H3/t21?,22?,24?,26?,27?,29?,30?,31-/m0/s1. The minimum Gasteiger partial charge on any atom is -0.361 e. The molecule has 0 aromatic heterocycles. The molecule has 1 amide bonds. The fourth-order valence-corrected chi connectivity index (χ4v) is 8.18. The lowest BCUT2D eigenvalue weighted by Gasteiger charge is -2.55. The highest BCUT2D eigenvalue weighted by Gasteiger charge is 2.59. The number of hydrogen-bond acceptors (Lipinski definition) is 9. The topological polar surface area (TPSA) is 110 Å². The van der Waals surface area contributed by atoms with Crippen LogP contribution < -0.4 is 10.6 Å². The first-order valence-corrected chi connectivity index (χ1v) is 15.6. The summed E-state index contributed by atoms with van der Waals surface area (Å²) in [5.74, 6) is -0.253. The molecule has 1 aromatic rings. The van der Waals surface area contributed by atoms with Gasteiger partial charge in [0.25, 0.3) is 0 Å². The van der Waals surface area contributed by atoms with Crippen LogP contribution in [0.4, 0.5) is 0 Å². The number of ether oxygens (including phenoxy) is 2. The molecule has 4 heterocycles. The summed E-state index contributed by atoms with van der Waals surface area (Å²) in [6.07, 6.45) is 4.28. The molecule has 10 nitrogen and oxygen atoms in total. The van der Waals surface area contributed by atoms with Crippen LogP contribution in [-0.4, -0.2) is 102 Å². The van der Waals surface area contributed by atoms with E-state index >= 15 is 0 Å². The molecule has 1 aromatic carbocycles. The largest absolute Gasteiger partial charge is 0.361 e. The number of piperazine rings is 1. The minimum absolute atomic E-state index is 0.0274. The molecule has 226 valence electrons. The number of ketones is 1. The lowest BCUT2D eigenvalue weighted by atomic mass is 9.68. The normalized spacial score (nSPS) is 37.2. The van der Waals surface area contributed by atoms with Gasteiger partial charge in [-0.2, -0.15) is 5.26 Å². The summed E-state index contributed by atoms with van der Waals surface area (Å²) in [4.78, 5) is 33.4. The molecule has 1 aliphatic carbocycles. The molecule has 5 aliphatic rings. The van der Waals surface area contributed by atoms with E-state index in [4.69, 9.17) is 21.1 Å². The van der Waals surface area contributed by atoms with Crippen molar-refractivity contribution in [3.05, 3.63) is 48.0 Å². The highest BCUT2D eigenvalue weighted by Crippen LogP contribution is 2.50. The van der Waals surface area contributed by atoms with Gasteiger partial charge in [0.2, 0.25) is 5.91 Å². The molecule has 1 spiro atoms. The maximum Gasteiger partial charge on any atom is 0.246 e. The van der Waals surface area contributed by atoms with Crippen molar-refractivity contribution in [3.63, 3.8) is 0 Å². The second-order valence-electron chi connectivity index (χ2n) is 12.3. The smallest absolute Gasteiger partial charge is 0.246 e. The number of halogens is 1. The zero-order valence-corrected chi connectivity index (χ0v) is 25.0. The van der Waals surface area contributed by atoms with Crippen molar-refractivity contribution < 1.29 is 19.1 Å². The Labute approximate surface area is 252 Å². The van der Waals surface area contributed by atoms with Gasteiger partial charge in [-0.15, -0.1) is 11.6 Å². The predicted molar refractivity (Wildman–Crippen MR) is 157 cm³/mol. The molecule has 11 heteroatoms. The molecule has 6 rings (SSSR count). The predicted octanol–water partition coefficient (Wildman–Crippen LogP) is 2.11. The Morgan fingerprint density at radius 2 is 2.10 bits per heavy atom. The van der Waals surface area contributed by atoms with Crippen molar-refractivity contribution in [1.29, 1.82) is 5.26 Å². The number of rotatable bonds is 6. The summed E-state index contributed by atoms with van der Waals surface area (Å²) in [5.41, 5.74) is 0.870. The minimum atomic E-state index is -1.11. The van der Waals surface area contributed by atoms with Crippen molar-refractivity contribution in [1.82, 2.24) is 25.3 Å². The number of nitrogens with one attached hydrogen (secondary N) is 2. The number of benzene rings is 1. The quantitative estimate of drug-likeness (QED) is 0.377. The van der Waals surface area contributed by atoms with Crippen LogP contribution in [0.15, 0.2) is 36.9 Å². The Kier molecular flexibility index (Phi) is 8.72. The number of likely N-dealkylation sites (N-methyl/N-ethyl adjacent to an activating group) is 1. The number of likely N-dealkylation sites (tertiary alicyclic amines) is 1. The molecular weight excluding hydrogens is 556 g/mol. The van der Waals surface area contributed by atoms with Crippen LogP contribution in [0, 0.1) is 17.2 Å². The molecule has 7 unspecified atom stereocenters. The monoisotopic (exact) mass is 596 g/mol. The van der Waals surface area contributed by atoms with Crippen molar-refractivity contribution in [3.8, 4) is 6.07 Å². The average Bonchev–Trinajstić information content (AvgIpc) is 3.43. The zero-order chi connectivity index (χ0) is 29.4. The summed E-state index contributed by atoms with van der Waals surface area (Å²) in [7, 11) is 2.12. The highest BCUT2D eigenvalue weighted by atomic mass is 35.5. The van der Waals surface area contributed by atoms with Crippen LogP contribution in [0.5, 0.6) is 0 Å².